The van der Waals surface area contributed by atoms with Crippen molar-refractivity contribution in [1.29, 1.82) is 0 Å². The maximum Gasteiger partial charge on any atom is -0.0417 e. The van der Waals surface area contributed by atoms with Gasteiger partial charge in [-0.15, -0.1) is 0 Å². The topological polar surface area (TPSA) is 0 Å². The van der Waals surface area contributed by atoms with Crippen LogP contribution in [0.4, 0.5) is 0 Å². The van der Waals surface area contributed by atoms with Gasteiger partial charge in [0.05, 0.1) is 0 Å². The molecule has 0 aromatic carbocycles. The first kappa shape index (κ1) is 45.0. The van der Waals surface area contributed by atoms with Gasteiger partial charge >= 0.3 is 0 Å². The molecule has 0 N–H and O–H groups in total. The van der Waals surface area contributed by atoms with Gasteiger partial charge in [0, 0.05) is 0 Å². The minimum Gasteiger partial charge on any atom is -0.0654 e. The third-order valence-corrected chi connectivity index (χ3v) is 11.0. The molecular formula is C45H92. The molecule has 0 saturated carbocycles. The molecule has 0 aliphatic carbocycles. The van der Waals surface area contributed by atoms with Crippen LogP contribution in [0.1, 0.15) is 284 Å². The van der Waals surface area contributed by atoms with Gasteiger partial charge < -0.3 is 0 Å². The molecule has 1 atom stereocenters. The van der Waals surface area contributed by atoms with E-state index in [1.54, 1.807) is 0 Å². The second kappa shape index (κ2) is 42.0. The van der Waals surface area contributed by atoms with Crippen LogP contribution in [-0.4, -0.2) is 0 Å². The molecule has 0 aromatic heterocycles. The first-order chi connectivity index (χ1) is 22.3. The number of unbranched alkanes of at least 4 members (excludes halogenated alkanes) is 36. The Morgan fingerprint density at radius 1 is 0.200 bits per heavy atom. The predicted octanol–water partition coefficient (Wildman–Crippen LogP) is 17.7. The molecule has 0 aliphatic heterocycles. The fourth-order valence-electron chi connectivity index (χ4n) is 7.58. The number of hydrogen-bond acceptors (Lipinski definition) is 0. The molecule has 0 fully saturated rings. The van der Waals surface area contributed by atoms with Crippen LogP contribution in [0.25, 0.3) is 0 Å². The standard InChI is InChI=1S/C45H92/c1-4-7-9-11-13-15-17-19-21-22-23-24-25-26-27-28-30-32-34-36-38-40-42-44-45(6-3)43-41-39-37-35-33-31-29-20-18-16-14-12-10-8-5-2/h45H,4-44H2,1-3H3. The highest BCUT2D eigenvalue weighted by molar-refractivity contribution is 4.60. The lowest BCUT2D eigenvalue weighted by Crippen LogP contribution is -1.99. The normalized spacial score (nSPS) is 12.3. The minimum absolute atomic E-state index is 1.02. The van der Waals surface area contributed by atoms with E-state index in [9.17, 15) is 0 Å². The molecule has 0 nitrogen and oxygen atoms in total. The average molecular weight is 633 g/mol. The van der Waals surface area contributed by atoms with Crippen LogP contribution >= 0.6 is 0 Å². The van der Waals surface area contributed by atoms with Gasteiger partial charge in [-0.1, -0.05) is 284 Å². The van der Waals surface area contributed by atoms with E-state index in [0.717, 1.165) is 5.92 Å². The molecule has 0 amide bonds. The van der Waals surface area contributed by atoms with Crippen molar-refractivity contribution in [2.24, 2.45) is 5.92 Å². The van der Waals surface area contributed by atoms with Gasteiger partial charge in [0.2, 0.25) is 0 Å². The summed E-state index contributed by atoms with van der Waals surface area (Å²) in [6.45, 7) is 7.06. The summed E-state index contributed by atoms with van der Waals surface area (Å²) < 4.78 is 0. The highest BCUT2D eigenvalue weighted by atomic mass is 14.1. The van der Waals surface area contributed by atoms with E-state index in [4.69, 9.17) is 0 Å². The zero-order valence-corrected chi connectivity index (χ0v) is 32.6. The molecule has 45 heavy (non-hydrogen) atoms. The Kier molecular flexibility index (Phi) is 42.0. The first-order valence-corrected chi connectivity index (χ1v) is 22.3. The SMILES string of the molecule is CCCCCCCCCCCCCCCCCCCCCCCCCC(CC)CCCCCCCCCCCCCCCCC. The van der Waals surface area contributed by atoms with Crippen molar-refractivity contribution in [1.82, 2.24) is 0 Å². The van der Waals surface area contributed by atoms with Crippen molar-refractivity contribution < 1.29 is 0 Å². The van der Waals surface area contributed by atoms with E-state index >= 15 is 0 Å². The van der Waals surface area contributed by atoms with Crippen molar-refractivity contribution in [2.45, 2.75) is 284 Å². The van der Waals surface area contributed by atoms with Crippen LogP contribution in [0.3, 0.4) is 0 Å². The Morgan fingerprint density at radius 2 is 0.356 bits per heavy atom. The van der Waals surface area contributed by atoms with Gasteiger partial charge in [-0.25, -0.2) is 0 Å². The summed E-state index contributed by atoms with van der Waals surface area (Å²) in [5.74, 6) is 1.02. The Bertz CT molecular complexity index is 480. The van der Waals surface area contributed by atoms with E-state index in [-0.39, 0.29) is 0 Å². The summed E-state index contributed by atoms with van der Waals surface area (Å²) in [6, 6.07) is 0. The average Bonchev–Trinajstić information content (AvgIpc) is 3.05. The van der Waals surface area contributed by atoms with Crippen molar-refractivity contribution in [3.63, 3.8) is 0 Å². The van der Waals surface area contributed by atoms with E-state index in [1.807, 2.05) is 0 Å². The quantitative estimate of drug-likeness (QED) is 0.0588. The molecule has 0 aliphatic rings. The second-order valence-corrected chi connectivity index (χ2v) is 15.6. The summed E-state index contributed by atoms with van der Waals surface area (Å²) >= 11 is 0. The third-order valence-electron chi connectivity index (χ3n) is 11.0. The van der Waals surface area contributed by atoms with Crippen molar-refractivity contribution in [3.05, 3.63) is 0 Å². The Labute approximate surface area is 289 Å². The molecule has 0 radical (unpaired) electrons. The fraction of sp³-hybridized carbons (Fsp3) is 1.00. The van der Waals surface area contributed by atoms with Crippen LogP contribution in [-0.2, 0) is 0 Å². The molecule has 0 saturated heterocycles. The zero-order valence-electron chi connectivity index (χ0n) is 32.6. The summed E-state index contributed by atoms with van der Waals surface area (Å²) in [7, 11) is 0. The van der Waals surface area contributed by atoms with Crippen LogP contribution in [0.2, 0.25) is 0 Å². The highest BCUT2D eigenvalue weighted by Crippen LogP contribution is 2.22. The summed E-state index contributed by atoms with van der Waals surface area (Å²) in [6.07, 6.45) is 60.8. The Morgan fingerprint density at radius 3 is 0.511 bits per heavy atom. The lowest BCUT2D eigenvalue weighted by molar-refractivity contribution is 0.392. The van der Waals surface area contributed by atoms with E-state index in [1.165, 1.54) is 263 Å². The Hall–Kier alpha value is 0. The minimum atomic E-state index is 1.02. The summed E-state index contributed by atoms with van der Waals surface area (Å²) in [5, 5.41) is 0. The first-order valence-electron chi connectivity index (χ1n) is 22.3. The highest BCUT2D eigenvalue weighted by Gasteiger charge is 2.06. The van der Waals surface area contributed by atoms with Gasteiger partial charge in [0.25, 0.3) is 0 Å². The molecule has 272 valence electrons. The maximum atomic E-state index is 2.44. The lowest BCUT2D eigenvalue weighted by atomic mass is 9.92. The largest absolute Gasteiger partial charge is 0.0654 e. The maximum absolute atomic E-state index is 2.44. The van der Waals surface area contributed by atoms with Crippen molar-refractivity contribution in [3.8, 4) is 0 Å². The Balaban J connectivity index is 3.22. The van der Waals surface area contributed by atoms with E-state index in [0.29, 0.717) is 0 Å². The molecule has 0 bridgehead atoms. The monoisotopic (exact) mass is 633 g/mol. The number of hydrogen-bond donors (Lipinski definition) is 0. The van der Waals surface area contributed by atoms with Crippen molar-refractivity contribution in [2.75, 3.05) is 0 Å². The molecule has 0 rings (SSSR count). The van der Waals surface area contributed by atoms with Crippen LogP contribution in [0.15, 0.2) is 0 Å². The van der Waals surface area contributed by atoms with E-state index in [2.05, 4.69) is 20.8 Å². The van der Waals surface area contributed by atoms with E-state index < -0.39 is 0 Å². The molecular weight excluding hydrogens is 540 g/mol. The second-order valence-electron chi connectivity index (χ2n) is 15.6. The van der Waals surface area contributed by atoms with Gasteiger partial charge in [-0.3, -0.25) is 0 Å². The zero-order chi connectivity index (χ0) is 32.6. The summed E-state index contributed by atoms with van der Waals surface area (Å²) in [4.78, 5) is 0. The van der Waals surface area contributed by atoms with Crippen molar-refractivity contribution >= 4 is 0 Å². The van der Waals surface area contributed by atoms with Crippen LogP contribution in [0.5, 0.6) is 0 Å². The fourth-order valence-corrected chi connectivity index (χ4v) is 7.58. The number of rotatable bonds is 41. The predicted molar refractivity (Wildman–Crippen MR) is 210 cm³/mol. The smallest absolute Gasteiger partial charge is 0.0417 e. The van der Waals surface area contributed by atoms with Gasteiger partial charge in [-0.05, 0) is 5.92 Å². The third kappa shape index (κ3) is 40.1. The van der Waals surface area contributed by atoms with Crippen LogP contribution < -0.4 is 0 Å². The molecule has 0 spiro atoms. The van der Waals surface area contributed by atoms with Gasteiger partial charge in [0.15, 0.2) is 0 Å². The molecule has 0 heteroatoms. The van der Waals surface area contributed by atoms with Gasteiger partial charge in [0.1, 0.15) is 0 Å². The summed E-state index contributed by atoms with van der Waals surface area (Å²) in [5.41, 5.74) is 0. The lowest BCUT2D eigenvalue weighted by Gasteiger charge is -2.14. The molecule has 0 aromatic rings. The molecule has 1 unspecified atom stereocenters. The van der Waals surface area contributed by atoms with Crippen LogP contribution in [0, 0.1) is 5.92 Å². The van der Waals surface area contributed by atoms with Gasteiger partial charge in [-0.2, -0.15) is 0 Å². The molecule has 0 heterocycles.